The summed E-state index contributed by atoms with van der Waals surface area (Å²) in [6.07, 6.45) is 1.40. The molecule has 0 N–H and O–H groups in total. The molecule has 0 radical (unpaired) electrons. The maximum atomic E-state index is 11.4. The summed E-state index contributed by atoms with van der Waals surface area (Å²) in [5.74, 6) is 0. The fourth-order valence-corrected chi connectivity index (χ4v) is 4.56. The summed E-state index contributed by atoms with van der Waals surface area (Å²) in [6, 6.07) is 10.9. The van der Waals surface area contributed by atoms with Gasteiger partial charge < -0.3 is 0 Å². The Kier molecular flexibility index (Phi) is 8.15. The molecule has 0 aliphatic heterocycles. The zero-order chi connectivity index (χ0) is 17.7. The van der Waals surface area contributed by atoms with Gasteiger partial charge in [-0.25, -0.2) is 8.61 Å². The van der Waals surface area contributed by atoms with Crippen molar-refractivity contribution in [3.63, 3.8) is 0 Å². The van der Waals surface area contributed by atoms with E-state index in [1.54, 1.807) is 12.1 Å². The van der Waals surface area contributed by atoms with Crippen LogP contribution in [-0.2, 0) is 9.59 Å². The molecule has 4 nitrogen and oxygen atoms in total. The predicted molar refractivity (Wildman–Crippen MR) is 116 cm³/mol. The van der Waals surface area contributed by atoms with E-state index in [0.717, 1.165) is 39.9 Å². The van der Waals surface area contributed by atoms with Gasteiger partial charge >= 0.3 is 0 Å². The highest BCUT2D eigenvalue weighted by Crippen LogP contribution is 2.38. The highest BCUT2D eigenvalue weighted by molar-refractivity contribution is 9.13. The van der Waals surface area contributed by atoms with Crippen LogP contribution in [0, 0.1) is 0 Å². The van der Waals surface area contributed by atoms with Gasteiger partial charge in [0.2, 0.25) is 12.8 Å². The first-order valence-electron chi connectivity index (χ1n) is 6.20. The van der Waals surface area contributed by atoms with Crippen molar-refractivity contribution in [3.8, 4) is 0 Å². The monoisotopic (exact) mass is 616 g/mol. The maximum absolute atomic E-state index is 11.4. The van der Waals surface area contributed by atoms with Crippen LogP contribution in [0.3, 0.4) is 0 Å². The smallest absolute Gasteiger partial charge is 0.224 e. The summed E-state index contributed by atoms with van der Waals surface area (Å²) in [5.41, 5.74) is 1.39. The molecule has 0 heterocycles. The van der Waals surface area contributed by atoms with Gasteiger partial charge in [0.15, 0.2) is 0 Å². The molecule has 0 spiro atoms. The number of amides is 2. The van der Waals surface area contributed by atoms with Crippen LogP contribution in [0.25, 0.3) is 0 Å². The molecule has 126 valence electrons. The van der Waals surface area contributed by atoms with Crippen molar-refractivity contribution in [2.24, 2.45) is 0 Å². The lowest BCUT2D eigenvalue weighted by Crippen LogP contribution is -2.15. The molecule has 0 unspecified atom stereocenters. The van der Waals surface area contributed by atoms with E-state index in [9.17, 15) is 9.59 Å². The third kappa shape index (κ3) is 5.25. The van der Waals surface area contributed by atoms with E-state index >= 15 is 0 Å². The Morgan fingerprint density at radius 1 is 0.667 bits per heavy atom. The third-order valence-corrected chi connectivity index (χ3v) is 8.61. The molecule has 2 rings (SSSR count). The van der Waals surface area contributed by atoms with Crippen molar-refractivity contribution in [2.45, 2.75) is 0 Å². The van der Waals surface area contributed by atoms with Crippen molar-refractivity contribution >= 4 is 110 Å². The number of halogens is 4. The van der Waals surface area contributed by atoms with Crippen LogP contribution in [0.5, 0.6) is 0 Å². The Bertz CT molecular complexity index is 700. The number of carbonyl (C=O) groups is 2. The molecule has 0 saturated heterocycles. The molecule has 2 aromatic carbocycles. The number of nitrogens with zero attached hydrogens (tertiary/aromatic N) is 2. The van der Waals surface area contributed by atoms with Crippen molar-refractivity contribution in [1.82, 2.24) is 0 Å². The third-order valence-electron chi connectivity index (χ3n) is 2.70. The van der Waals surface area contributed by atoms with Crippen LogP contribution in [0.15, 0.2) is 54.3 Å². The molecule has 10 heteroatoms. The summed E-state index contributed by atoms with van der Waals surface area (Å²) >= 11 is 13.6. The summed E-state index contributed by atoms with van der Waals surface area (Å²) < 4.78 is 6.33. The second-order valence-electron chi connectivity index (χ2n) is 4.21. The van der Waals surface area contributed by atoms with E-state index in [1.807, 2.05) is 24.3 Å². The molecule has 0 aliphatic carbocycles. The fourth-order valence-electron chi connectivity index (χ4n) is 1.56. The Labute approximate surface area is 180 Å². The van der Waals surface area contributed by atoms with Crippen LogP contribution in [0.2, 0.25) is 0 Å². The van der Waals surface area contributed by atoms with Gasteiger partial charge in [-0.05, 0) is 100 Å². The second-order valence-corrected chi connectivity index (χ2v) is 9.61. The molecule has 0 aliphatic rings. The normalized spacial score (nSPS) is 10.3. The zero-order valence-electron chi connectivity index (χ0n) is 11.7. The molecule has 0 fully saturated rings. The molecule has 0 bridgehead atoms. The van der Waals surface area contributed by atoms with Crippen LogP contribution in [0.1, 0.15) is 0 Å². The molecule has 0 atom stereocenters. The SMILES string of the molecule is O=CN(SSN(C=O)c1ccc(Br)c(Br)c1)c1ccc(Br)c(Br)c1. The van der Waals surface area contributed by atoms with Gasteiger partial charge in [-0.1, -0.05) is 0 Å². The molecule has 0 aromatic heterocycles. The minimum Gasteiger partial charge on any atom is -0.277 e. The number of anilines is 2. The number of carbonyl (C=O) groups excluding carboxylic acids is 2. The van der Waals surface area contributed by atoms with Crippen LogP contribution < -0.4 is 8.61 Å². The summed E-state index contributed by atoms with van der Waals surface area (Å²) in [6.45, 7) is 0. The van der Waals surface area contributed by atoms with E-state index in [1.165, 1.54) is 8.61 Å². The van der Waals surface area contributed by atoms with Crippen molar-refractivity contribution in [2.75, 3.05) is 8.61 Å². The highest BCUT2D eigenvalue weighted by atomic mass is 79.9. The summed E-state index contributed by atoms with van der Waals surface area (Å²) in [5, 5.41) is 0. The lowest BCUT2D eigenvalue weighted by molar-refractivity contribution is -0.107. The van der Waals surface area contributed by atoms with Crippen molar-refractivity contribution in [3.05, 3.63) is 54.3 Å². The van der Waals surface area contributed by atoms with Crippen LogP contribution in [-0.4, -0.2) is 12.8 Å². The van der Waals surface area contributed by atoms with Gasteiger partial charge in [0, 0.05) is 17.9 Å². The molecule has 24 heavy (non-hydrogen) atoms. The predicted octanol–water partition coefficient (Wildman–Crippen LogP) is 6.57. The number of benzene rings is 2. The van der Waals surface area contributed by atoms with Gasteiger partial charge in [-0.3, -0.25) is 9.59 Å². The summed E-state index contributed by atoms with van der Waals surface area (Å²) in [7, 11) is 2.28. The maximum Gasteiger partial charge on any atom is 0.224 e. The van der Waals surface area contributed by atoms with E-state index in [0.29, 0.717) is 24.2 Å². The average Bonchev–Trinajstić information content (AvgIpc) is 2.57. The number of rotatable bonds is 7. The molecular weight excluding hydrogens is 612 g/mol. The first kappa shape index (κ1) is 20.3. The van der Waals surface area contributed by atoms with E-state index in [-0.39, 0.29) is 0 Å². The molecule has 2 amide bonds. The lowest BCUT2D eigenvalue weighted by Gasteiger charge is -2.20. The lowest BCUT2D eigenvalue weighted by atomic mass is 10.3. The minimum atomic E-state index is 0.695. The highest BCUT2D eigenvalue weighted by Gasteiger charge is 2.14. The zero-order valence-corrected chi connectivity index (χ0v) is 19.6. The Morgan fingerprint density at radius 3 is 1.33 bits per heavy atom. The van der Waals surface area contributed by atoms with Crippen molar-refractivity contribution in [1.29, 1.82) is 0 Å². The molecule has 2 aromatic rings. The molecule has 0 saturated carbocycles. The van der Waals surface area contributed by atoms with Crippen LogP contribution in [0.4, 0.5) is 11.4 Å². The van der Waals surface area contributed by atoms with Crippen molar-refractivity contribution < 1.29 is 9.59 Å². The van der Waals surface area contributed by atoms with Gasteiger partial charge in [-0.2, -0.15) is 0 Å². The Hall–Kier alpha value is -0.000000000000000222. The average molecular weight is 620 g/mol. The first-order chi connectivity index (χ1) is 11.5. The fraction of sp³-hybridized carbons (Fsp3) is 0. The summed E-state index contributed by atoms with van der Waals surface area (Å²) in [4.78, 5) is 22.8. The van der Waals surface area contributed by atoms with Gasteiger partial charge in [0.25, 0.3) is 0 Å². The number of hydrogen-bond donors (Lipinski definition) is 0. The van der Waals surface area contributed by atoms with Crippen LogP contribution >= 0.6 is 85.7 Å². The van der Waals surface area contributed by atoms with E-state index in [2.05, 4.69) is 63.7 Å². The molecular formula is C14H8Br4N2O2S2. The second kappa shape index (κ2) is 9.63. The van der Waals surface area contributed by atoms with Gasteiger partial charge in [-0.15, -0.1) is 0 Å². The van der Waals surface area contributed by atoms with Gasteiger partial charge in [0.05, 0.1) is 33.3 Å². The topological polar surface area (TPSA) is 40.6 Å². The number of hydrogen-bond acceptors (Lipinski definition) is 4. The Morgan fingerprint density at radius 2 is 1.04 bits per heavy atom. The standard InChI is InChI=1S/C14H8Br4N2O2S2/c15-11-3-1-9(5-13(11)17)19(7-21)23-24-20(8-22)10-2-4-12(16)14(18)6-10/h1-8H. The van der Waals surface area contributed by atoms with Gasteiger partial charge in [0.1, 0.15) is 0 Å². The first-order valence-corrected chi connectivity index (χ1v) is 11.4. The quantitative estimate of drug-likeness (QED) is 0.200. The van der Waals surface area contributed by atoms with E-state index < -0.39 is 0 Å². The van der Waals surface area contributed by atoms with E-state index in [4.69, 9.17) is 0 Å². The Balaban J connectivity index is 2.12. The largest absolute Gasteiger partial charge is 0.277 e. The minimum absolute atomic E-state index is 0.695.